The smallest absolute Gasteiger partial charge is 0.329 e. The van der Waals surface area contributed by atoms with Gasteiger partial charge >= 0.3 is 5.97 Å². The number of carbonyl (C=O) groups excluding carboxylic acids is 5. The molecule has 1 aliphatic carbocycles. The summed E-state index contributed by atoms with van der Waals surface area (Å²) in [6, 6.07) is -1.14. The molecule has 17 heteroatoms. The van der Waals surface area contributed by atoms with Crippen LogP contribution in [0.15, 0.2) is 47.6 Å². The fourth-order valence-electron chi connectivity index (χ4n) is 10.7. The number of rotatable bonds is 15. The molecule has 4 rings (SSSR count). The van der Waals surface area contributed by atoms with Crippen molar-refractivity contribution in [2.45, 2.75) is 180 Å². The minimum absolute atomic E-state index is 0.0855. The number of hydrogen-bond acceptors (Lipinski definition) is 16. The van der Waals surface area contributed by atoms with Gasteiger partial charge in [0.1, 0.15) is 30.1 Å². The lowest BCUT2D eigenvalue weighted by Gasteiger charge is -2.42. The van der Waals surface area contributed by atoms with Crippen LogP contribution in [-0.4, -0.2) is 172 Å². The first kappa shape index (κ1) is 63.0. The minimum Gasteiger partial charge on any atom is -0.460 e. The van der Waals surface area contributed by atoms with Crippen molar-refractivity contribution in [3.05, 3.63) is 47.6 Å². The van der Waals surface area contributed by atoms with Gasteiger partial charge in [0.05, 0.1) is 64.1 Å². The van der Waals surface area contributed by atoms with Crippen LogP contribution in [0.2, 0.25) is 0 Å². The molecule has 3 aliphatic heterocycles. The molecule has 0 spiro atoms. The number of methoxy groups -OCH3 is 3. The minimum atomic E-state index is -2.42. The molecule has 4 aliphatic rings. The Morgan fingerprint density at radius 1 is 0.838 bits per heavy atom. The number of hydrogen-bond donors (Lipinski definition) is 3. The molecule has 1 saturated carbocycles. The first-order valence-electron chi connectivity index (χ1n) is 27.2. The van der Waals surface area contributed by atoms with Crippen LogP contribution in [-0.2, 0) is 61.9 Å². The lowest BCUT2D eigenvalue weighted by molar-refractivity contribution is -0.262. The SMILES string of the molecule is COCCOCCOCCOC1/C=C/C=C/C(C)=C/C[C@@H]2CC[C@@H](C)[C@@](O)(O2)C(=O)C(=O)N2CCCC[C@H]2C(=O)O[C@H]([C@H](C)C[C@@H]2CC[C@@H](O)[C@H](OC)C2)CC(=O)[C@H](C)/C=C(\C)[C@@H](O)[C@@H](OC)C(=O)[C@H](C)C[C@@H]1C. The van der Waals surface area contributed by atoms with Crippen molar-refractivity contribution in [2.75, 3.05) is 67.5 Å². The van der Waals surface area contributed by atoms with Gasteiger partial charge < -0.3 is 58.1 Å². The molecule has 2 saturated heterocycles. The quantitative estimate of drug-likeness (QED) is 0.0716. The zero-order valence-corrected chi connectivity index (χ0v) is 46.1. The van der Waals surface area contributed by atoms with Crippen molar-refractivity contribution in [2.24, 2.45) is 35.5 Å². The van der Waals surface area contributed by atoms with Gasteiger partial charge in [0.15, 0.2) is 5.78 Å². The maximum atomic E-state index is 14.4. The van der Waals surface area contributed by atoms with Crippen molar-refractivity contribution in [3.63, 3.8) is 0 Å². The monoisotopic (exact) mass is 1050 g/mol. The normalized spacial score (nSPS) is 37.0. The number of amides is 1. The van der Waals surface area contributed by atoms with Crippen LogP contribution in [0.5, 0.6) is 0 Å². The van der Waals surface area contributed by atoms with Gasteiger partial charge in [-0.1, -0.05) is 76.6 Å². The van der Waals surface area contributed by atoms with E-state index < -0.39 is 83.9 Å². The molecular formula is C57H91NO16. The summed E-state index contributed by atoms with van der Waals surface area (Å²) in [7, 11) is 4.55. The van der Waals surface area contributed by atoms with Crippen LogP contribution in [0.4, 0.5) is 0 Å². The van der Waals surface area contributed by atoms with Crippen molar-refractivity contribution in [3.8, 4) is 0 Å². The van der Waals surface area contributed by atoms with Crippen molar-refractivity contribution >= 4 is 29.2 Å². The summed E-state index contributed by atoms with van der Waals surface area (Å²) in [5, 5.41) is 34.1. The Labute approximate surface area is 440 Å². The average Bonchev–Trinajstić information content (AvgIpc) is 3.38. The van der Waals surface area contributed by atoms with Gasteiger partial charge in [-0.05, 0) is 108 Å². The van der Waals surface area contributed by atoms with E-state index in [0.29, 0.717) is 103 Å². The lowest BCUT2D eigenvalue weighted by Crippen LogP contribution is -2.60. The number of ether oxygens (including phenoxy) is 8. The first-order valence-corrected chi connectivity index (χ1v) is 27.2. The second kappa shape index (κ2) is 31.7. The number of piperidine rings is 1. The summed E-state index contributed by atoms with van der Waals surface area (Å²) in [5.41, 5.74) is 1.25. The van der Waals surface area contributed by atoms with Crippen LogP contribution >= 0.6 is 0 Å². The van der Waals surface area contributed by atoms with Gasteiger partial charge in [0.2, 0.25) is 5.79 Å². The number of esters is 1. The van der Waals surface area contributed by atoms with Gasteiger partial charge in [0.25, 0.3) is 11.7 Å². The molecule has 74 heavy (non-hydrogen) atoms. The largest absolute Gasteiger partial charge is 0.460 e. The van der Waals surface area contributed by atoms with Crippen molar-refractivity contribution < 1.29 is 77.2 Å². The highest BCUT2D eigenvalue weighted by atomic mass is 16.6. The number of carbonyl (C=O) groups is 5. The Morgan fingerprint density at radius 3 is 2.23 bits per heavy atom. The number of nitrogens with zero attached hydrogens (tertiary/aromatic N) is 1. The van der Waals surface area contributed by atoms with Crippen LogP contribution in [0.1, 0.15) is 126 Å². The average molecular weight is 1050 g/mol. The van der Waals surface area contributed by atoms with E-state index in [1.165, 1.54) is 12.0 Å². The van der Waals surface area contributed by atoms with Crippen molar-refractivity contribution in [1.82, 2.24) is 4.90 Å². The highest BCUT2D eigenvalue weighted by Crippen LogP contribution is 2.37. The fraction of sp³-hybridized carbons (Fsp3) is 0.772. The number of fused-ring (bicyclic) bond motifs is 3. The molecule has 0 aromatic heterocycles. The Bertz CT molecular complexity index is 1920. The molecule has 2 bridgehead atoms. The summed E-state index contributed by atoms with van der Waals surface area (Å²) in [5.74, 6) is -8.36. The van der Waals surface area contributed by atoms with E-state index in [1.54, 1.807) is 48.0 Å². The number of ketones is 3. The van der Waals surface area contributed by atoms with E-state index in [1.807, 2.05) is 51.2 Å². The molecule has 0 aromatic carbocycles. The third kappa shape index (κ3) is 18.6. The molecule has 3 heterocycles. The second-order valence-electron chi connectivity index (χ2n) is 21.4. The molecule has 3 fully saturated rings. The molecule has 17 nitrogen and oxygen atoms in total. The third-order valence-electron chi connectivity index (χ3n) is 15.6. The van der Waals surface area contributed by atoms with E-state index in [-0.39, 0.29) is 61.4 Å². The third-order valence-corrected chi connectivity index (χ3v) is 15.6. The van der Waals surface area contributed by atoms with Crippen LogP contribution in [0.3, 0.4) is 0 Å². The van der Waals surface area contributed by atoms with E-state index in [4.69, 9.17) is 37.9 Å². The second-order valence-corrected chi connectivity index (χ2v) is 21.4. The summed E-state index contributed by atoms with van der Waals surface area (Å²) >= 11 is 0. The maximum absolute atomic E-state index is 14.4. The standard InChI is InChI=1S/C57H91NO16/c1-36-15-11-12-17-48(72-30-29-71-28-27-70-26-25-67-8)38(3)32-41(6)52(62)53(69-10)51(61)40(5)31-37(2)47(60)35-49(39(4)33-43-20-23-46(59)50(34-43)68-9)73-56(65)45-16-13-14-24-58(45)55(64)54(63)57(66)42(7)19-22-44(74-57)21-18-36/h11-12,15,17-18,31,37-39,41-46,48-51,53,59,61,66H,13-14,16,19-30,32-35H2,1-10H3/b15-11+,17-12+,36-18+,40-31+/t37-,38+,39-,41-,42-,43+,44-,45+,46-,48?,49+,50-,51-,53-,57-/m1/s1. The van der Waals surface area contributed by atoms with Crippen LogP contribution in [0.25, 0.3) is 0 Å². The first-order chi connectivity index (χ1) is 35.2. The number of aliphatic hydroxyl groups is 3. The molecule has 1 unspecified atom stereocenters. The zero-order valence-electron chi connectivity index (χ0n) is 46.1. The van der Waals surface area contributed by atoms with Gasteiger partial charge in [-0.3, -0.25) is 19.2 Å². The molecule has 0 aromatic rings. The predicted octanol–water partition coefficient (Wildman–Crippen LogP) is 6.23. The summed E-state index contributed by atoms with van der Waals surface area (Å²) < 4.78 is 46.2. The van der Waals surface area contributed by atoms with Gasteiger partial charge in [0, 0.05) is 52.0 Å². The molecule has 0 radical (unpaired) electrons. The highest BCUT2D eigenvalue weighted by molar-refractivity contribution is 6.39. The Hall–Kier alpha value is -3.49. The van der Waals surface area contributed by atoms with E-state index in [9.17, 15) is 39.3 Å². The topological polar surface area (TPSA) is 223 Å². The lowest BCUT2D eigenvalue weighted by atomic mass is 9.78. The summed E-state index contributed by atoms with van der Waals surface area (Å²) in [6.45, 7) is 15.1. The maximum Gasteiger partial charge on any atom is 0.329 e. The fourth-order valence-corrected chi connectivity index (χ4v) is 10.7. The van der Waals surface area contributed by atoms with E-state index in [0.717, 1.165) is 5.57 Å². The van der Waals surface area contributed by atoms with Gasteiger partial charge in [-0.2, -0.15) is 0 Å². The van der Waals surface area contributed by atoms with Crippen LogP contribution in [0, 0.1) is 35.5 Å². The summed E-state index contributed by atoms with van der Waals surface area (Å²) in [6.07, 6.45) is 10.9. The molecular weight excluding hydrogens is 955 g/mol. The molecule has 1 amide bonds. The van der Waals surface area contributed by atoms with Gasteiger partial charge in [-0.15, -0.1) is 0 Å². The summed E-state index contributed by atoms with van der Waals surface area (Å²) in [4.78, 5) is 72.5. The van der Waals surface area contributed by atoms with Gasteiger partial charge in [-0.25, -0.2) is 4.79 Å². The van der Waals surface area contributed by atoms with E-state index >= 15 is 0 Å². The Balaban J connectivity index is 1.66. The molecule has 420 valence electrons. The number of Topliss-reactive ketones (excluding diaryl/α,β-unsaturated/α-hetero) is 3. The Kier molecular flexibility index (Phi) is 27.0. The predicted molar refractivity (Wildman–Crippen MR) is 278 cm³/mol. The highest BCUT2D eigenvalue weighted by Gasteiger charge is 2.53. The number of cyclic esters (lactones) is 1. The van der Waals surface area contributed by atoms with Crippen LogP contribution < -0.4 is 0 Å². The Morgan fingerprint density at radius 2 is 1.54 bits per heavy atom. The number of aliphatic hydroxyl groups excluding tert-OH is 2. The van der Waals surface area contributed by atoms with Crippen molar-refractivity contribution in [1.29, 1.82) is 0 Å². The molecule has 15 atom stereocenters. The van der Waals surface area contributed by atoms with E-state index in [2.05, 4.69) is 0 Å². The zero-order chi connectivity index (χ0) is 54.5. The number of allylic oxidation sites excluding steroid dienone is 5. The molecule has 3 N–H and O–H groups in total.